The smallest absolute Gasteiger partial charge is 0.314 e. The standard InChI is InChI=1S/C23H30F2O2/c1-2-3-4-16-5-7-17(8-6-16)18-9-11-19(12-10-18)23(26)27-20-13-14-21(24)22(25)15-20/h2-3,13-19H,4-12H2,1H3/t16-,17-,18-,19-. The van der Waals surface area contributed by atoms with Gasteiger partial charge in [-0.2, -0.15) is 0 Å². The van der Waals surface area contributed by atoms with Crippen molar-refractivity contribution in [1.29, 1.82) is 0 Å². The molecule has 27 heavy (non-hydrogen) atoms. The molecule has 2 fully saturated rings. The highest BCUT2D eigenvalue weighted by atomic mass is 19.2. The van der Waals surface area contributed by atoms with Crippen LogP contribution in [0.2, 0.25) is 0 Å². The Kier molecular flexibility index (Phi) is 7.03. The first-order chi connectivity index (χ1) is 13.1. The largest absolute Gasteiger partial charge is 0.426 e. The molecule has 2 saturated carbocycles. The molecular formula is C23H30F2O2. The molecule has 2 aliphatic carbocycles. The van der Waals surface area contributed by atoms with Gasteiger partial charge in [-0.25, -0.2) is 8.78 Å². The first-order valence-corrected chi connectivity index (χ1v) is 10.3. The fourth-order valence-electron chi connectivity index (χ4n) is 4.79. The molecule has 2 aliphatic rings. The molecule has 148 valence electrons. The van der Waals surface area contributed by atoms with Crippen molar-refractivity contribution in [2.75, 3.05) is 0 Å². The van der Waals surface area contributed by atoms with E-state index in [1.165, 1.54) is 38.2 Å². The molecule has 0 aliphatic heterocycles. The molecule has 0 aromatic heterocycles. The SMILES string of the molecule is CC=CC[C@H]1CC[C@H]([C@H]2CC[C@H](C(=O)Oc3ccc(F)c(F)c3)CC2)CC1. The maximum Gasteiger partial charge on any atom is 0.314 e. The van der Waals surface area contributed by atoms with Gasteiger partial charge < -0.3 is 4.74 Å². The van der Waals surface area contributed by atoms with E-state index in [0.717, 1.165) is 55.6 Å². The van der Waals surface area contributed by atoms with Gasteiger partial charge in [0.2, 0.25) is 0 Å². The Morgan fingerprint density at radius 3 is 2.22 bits per heavy atom. The van der Waals surface area contributed by atoms with Gasteiger partial charge in [0.25, 0.3) is 0 Å². The normalized spacial score (nSPS) is 29.0. The van der Waals surface area contributed by atoms with Crippen molar-refractivity contribution in [3.8, 4) is 5.75 Å². The van der Waals surface area contributed by atoms with Crippen LogP contribution in [0, 0.1) is 35.3 Å². The average Bonchev–Trinajstić information content (AvgIpc) is 2.70. The molecule has 2 nitrogen and oxygen atoms in total. The molecule has 0 saturated heterocycles. The van der Waals surface area contributed by atoms with Gasteiger partial charge in [-0.15, -0.1) is 0 Å². The molecule has 1 aromatic rings. The van der Waals surface area contributed by atoms with Crippen molar-refractivity contribution in [3.63, 3.8) is 0 Å². The number of halogens is 2. The van der Waals surface area contributed by atoms with Crippen LogP contribution in [0.5, 0.6) is 5.75 Å². The Morgan fingerprint density at radius 2 is 1.63 bits per heavy atom. The third-order valence-corrected chi connectivity index (χ3v) is 6.48. The highest BCUT2D eigenvalue weighted by Gasteiger charge is 2.33. The van der Waals surface area contributed by atoms with Crippen LogP contribution in [-0.4, -0.2) is 5.97 Å². The summed E-state index contributed by atoms with van der Waals surface area (Å²) in [5.41, 5.74) is 0. The lowest BCUT2D eigenvalue weighted by Crippen LogP contribution is -2.30. The van der Waals surface area contributed by atoms with Gasteiger partial charge in [-0.3, -0.25) is 4.79 Å². The molecule has 0 bridgehead atoms. The summed E-state index contributed by atoms with van der Waals surface area (Å²) in [5.74, 6) is 0.0926. The van der Waals surface area contributed by atoms with Crippen molar-refractivity contribution in [1.82, 2.24) is 0 Å². The van der Waals surface area contributed by atoms with E-state index >= 15 is 0 Å². The van der Waals surface area contributed by atoms with Gasteiger partial charge in [0.15, 0.2) is 11.6 Å². The maximum absolute atomic E-state index is 13.3. The van der Waals surface area contributed by atoms with Crippen LogP contribution >= 0.6 is 0 Å². The number of rotatable bonds is 5. The molecule has 0 N–H and O–H groups in total. The summed E-state index contributed by atoms with van der Waals surface area (Å²) in [5, 5.41) is 0. The molecular weight excluding hydrogens is 346 g/mol. The predicted molar refractivity (Wildman–Crippen MR) is 102 cm³/mol. The van der Waals surface area contributed by atoms with E-state index in [4.69, 9.17) is 4.74 Å². The highest BCUT2D eigenvalue weighted by Crippen LogP contribution is 2.42. The van der Waals surface area contributed by atoms with Gasteiger partial charge in [0.05, 0.1) is 5.92 Å². The van der Waals surface area contributed by atoms with Crippen LogP contribution in [0.4, 0.5) is 8.78 Å². The summed E-state index contributed by atoms with van der Waals surface area (Å²) in [6.07, 6.45) is 14.8. The van der Waals surface area contributed by atoms with Gasteiger partial charge in [-0.1, -0.05) is 12.2 Å². The maximum atomic E-state index is 13.3. The number of benzene rings is 1. The fourth-order valence-corrected chi connectivity index (χ4v) is 4.79. The molecule has 1 aromatic carbocycles. The van der Waals surface area contributed by atoms with Crippen molar-refractivity contribution in [3.05, 3.63) is 42.0 Å². The molecule has 0 heterocycles. The number of hydrogen-bond acceptors (Lipinski definition) is 2. The zero-order chi connectivity index (χ0) is 19.2. The Morgan fingerprint density at radius 1 is 1.00 bits per heavy atom. The van der Waals surface area contributed by atoms with E-state index in [1.807, 2.05) is 0 Å². The van der Waals surface area contributed by atoms with E-state index < -0.39 is 11.6 Å². The van der Waals surface area contributed by atoms with Gasteiger partial charge in [0.1, 0.15) is 5.75 Å². The monoisotopic (exact) mass is 376 g/mol. The summed E-state index contributed by atoms with van der Waals surface area (Å²) in [6.45, 7) is 2.08. The Balaban J connectivity index is 1.43. The molecule has 0 spiro atoms. The van der Waals surface area contributed by atoms with Crippen LogP contribution in [0.1, 0.15) is 64.7 Å². The lowest BCUT2D eigenvalue weighted by Gasteiger charge is -2.37. The Labute approximate surface area is 161 Å². The highest BCUT2D eigenvalue weighted by molar-refractivity contribution is 5.75. The number of hydrogen-bond donors (Lipinski definition) is 0. The predicted octanol–water partition coefficient (Wildman–Crippen LogP) is 6.45. The fraction of sp³-hybridized carbons (Fsp3) is 0.609. The van der Waals surface area contributed by atoms with Gasteiger partial charge >= 0.3 is 5.97 Å². The summed E-state index contributed by atoms with van der Waals surface area (Å²) < 4.78 is 31.5. The first kappa shape index (κ1) is 20.0. The number of carbonyl (C=O) groups excluding carboxylic acids is 1. The quantitative estimate of drug-likeness (QED) is 0.335. The second-order valence-electron chi connectivity index (χ2n) is 8.19. The minimum atomic E-state index is -0.992. The first-order valence-electron chi connectivity index (χ1n) is 10.3. The number of allylic oxidation sites excluding steroid dienone is 2. The number of ether oxygens (including phenoxy) is 1. The molecule has 3 rings (SSSR count). The molecule has 0 amide bonds. The zero-order valence-corrected chi connectivity index (χ0v) is 16.1. The number of esters is 1. The molecule has 0 radical (unpaired) electrons. The summed E-state index contributed by atoms with van der Waals surface area (Å²) >= 11 is 0. The van der Waals surface area contributed by atoms with E-state index in [-0.39, 0.29) is 17.6 Å². The second kappa shape index (κ2) is 9.48. The van der Waals surface area contributed by atoms with Crippen molar-refractivity contribution in [2.24, 2.45) is 23.7 Å². The lowest BCUT2D eigenvalue weighted by molar-refractivity contribution is -0.140. The Bertz CT molecular complexity index is 654. The zero-order valence-electron chi connectivity index (χ0n) is 16.1. The Hall–Kier alpha value is -1.71. The van der Waals surface area contributed by atoms with E-state index in [1.54, 1.807) is 0 Å². The van der Waals surface area contributed by atoms with Crippen molar-refractivity contribution in [2.45, 2.75) is 64.7 Å². The molecule has 4 heteroatoms. The molecule has 0 unspecified atom stereocenters. The minimum Gasteiger partial charge on any atom is -0.426 e. The van der Waals surface area contributed by atoms with Crippen LogP contribution in [0.3, 0.4) is 0 Å². The second-order valence-corrected chi connectivity index (χ2v) is 8.19. The minimum absolute atomic E-state index is 0.0838. The van der Waals surface area contributed by atoms with Crippen molar-refractivity contribution >= 4 is 5.97 Å². The summed E-state index contributed by atoms with van der Waals surface area (Å²) in [7, 11) is 0. The van der Waals surface area contributed by atoms with Crippen LogP contribution in [0.15, 0.2) is 30.4 Å². The van der Waals surface area contributed by atoms with E-state index in [2.05, 4.69) is 19.1 Å². The third-order valence-electron chi connectivity index (χ3n) is 6.48. The van der Waals surface area contributed by atoms with Crippen LogP contribution < -0.4 is 4.74 Å². The summed E-state index contributed by atoms with van der Waals surface area (Å²) in [6, 6.07) is 3.22. The van der Waals surface area contributed by atoms with Crippen molar-refractivity contribution < 1.29 is 18.3 Å². The average molecular weight is 376 g/mol. The van der Waals surface area contributed by atoms with Crippen LogP contribution in [0.25, 0.3) is 0 Å². The van der Waals surface area contributed by atoms with E-state index in [9.17, 15) is 13.6 Å². The third kappa shape index (κ3) is 5.40. The van der Waals surface area contributed by atoms with E-state index in [0.29, 0.717) is 0 Å². The number of carbonyl (C=O) groups is 1. The van der Waals surface area contributed by atoms with Gasteiger partial charge in [0, 0.05) is 6.07 Å². The molecule has 0 atom stereocenters. The van der Waals surface area contributed by atoms with Gasteiger partial charge in [-0.05, 0) is 94.6 Å². The van der Waals surface area contributed by atoms with Crippen LogP contribution in [-0.2, 0) is 4.79 Å². The summed E-state index contributed by atoms with van der Waals surface area (Å²) in [4.78, 5) is 12.3. The lowest BCUT2D eigenvalue weighted by atomic mass is 9.69. The topological polar surface area (TPSA) is 26.3 Å².